The summed E-state index contributed by atoms with van der Waals surface area (Å²) in [5.41, 5.74) is 0.940. The fraction of sp³-hybridized carbons (Fsp3) is 0.143. The van der Waals surface area contributed by atoms with Gasteiger partial charge in [0.1, 0.15) is 17.5 Å². The van der Waals surface area contributed by atoms with Gasteiger partial charge in [-0.2, -0.15) is 0 Å². The summed E-state index contributed by atoms with van der Waals surface area (Å²) in [6.07, 6.45) is 0. The molecule has 100 valence electrons. The molecule has 0 aliphatic carbocycles. The van der Waals surface area contributed by atoms with Gasteiger partial charge in [0.25, 0.3) is 0 Å². The van der Waals surface area contributed by atoms with Crippen molar-refractivity contribution in [3.8, 4) is 0 Å². The van der Waals surface area contributed by atoms with Gasteiger partial charge in [-0.3, -0.25) is 0 Å². The number of benzene rings is 2. The van der Waals surface area contributed by atoms with Gasteiger partial charge in [-0.1, -0.05) is 12.1 Å². The highest BCUT2D eigenvalue weighted by atomic mass is 79.9. The summed E-state index contributed by atoms with van der Waals surface area (Å²) in [6.45, 7) is 1.58. The second-order valence-corrected chi connectivity index (χ2v) is 5.45. The zero-order chi connectivity index (χ0) is 14.2. The summed E-state index contributed by atoms with van der Waals surface area (Å²) in [7, 11) is 0. The molecular formula is C14H9BrClF3. The molecule has 0 N–H and O–H groups in total. The molecule has 1 unspecified atom stereocenters. The van der Waals surface area contributed by atoms with Crippen LogP contribution in [-0.2, 0) is 0 Å². The molecule has 0 bridgehead atoms. The molecule has 0 saturated carbocycles. The first-order valence-electron chi connectivity index (χ1n) is 5.44. The van der Waals surface area contributed by atoms with E-state index in [4.69, 9.17) is 11.6 Å². The first-order chi connectivity index (χ1) is 8.90. The molecule has 5 heteroatoms. The number of hydrogen-bond donors (Lipinski definition) is 0. The van der Waals surface area contributed by atoms with Gasteiger partial charge in [-0.25, -0.2) is 13.2 Å². The molecule has 2 rings (SSSR count). The van der Waals surface area contributed by atoms with Crippen LogP contribution in [0.15, 0.2) is 34.8 Å². The molecule has 2 aromatic rings. The van der Waals surface area contributed by atoms with Crippen LogP contribution >= 0.6 is 27.5 Å². The molecule has 0 aromatic heterocycles. The van der Waals surface area contributed by atoms with Crippen LogP contribution in [-0.4, -0.2) is 0 Å². The van der Waals surface area contributed by atoms with Gasteiger partial charge in [-0.15, -0.1) is 11.6 Å². The summed E-state index contributed by atoms with van der Waals surface area (Å²) in [4.78, 5) is 0. The third-order valence-electron chi connectivity index (χ3n) is 2.79. The zero-order valence-corrected chi connectivity index (χ0v) is 12.2. The maximum Gasteiger partial charge on any atom is 0.137 e. The molecule has 0 spiro atoms. The molecule has 1 atom stereocenters. The maximum atomic E-state index is 13.8. The first-order valence-corrected chi connectivity index (χ1v) is 6.67. The number of alkyl halides is 1. The van der Waals surface area contributed by atoms with Gasteiger partial charge < -0.3 is 0 Å². The SMILES string of the molecule is Cc1cc(C(Cl)c2cc(F)c(Br)cc2F)ccc1F. The van der Waals surface area contributed by atoms with Crippen LogP contribution in [0.5, 0.6) is 0 Å². The molecule has 0 radical (unpaired) electrons. The van der Waals surface area contributed by atoms with E-state index >= 15 is 0 Å². The highest BCUT2D eigenvalue weighted by molar-refractivity contribution is 9.10. The lowest BCUT2D eigenvalue weighted by Crippen LogP contribution is -2.00. The van der Waals surface area contributed by atoms with Crippen molar-refractivity contribution in [3.05, 3.63) is 68.9 Å². The van der Waals surface area contributed by atoms with E-state index in [-0.39, 0.29) is 15.9 Å². The standard InChI is InChI=1S/C14H9BrClF3/c1-7-4-8(2-3-11(7)17)14(16)9-5-13(19)10(15)6-12(9)18/h2-6,14H,1H3. The molecule has 0 amide bonds. The largest absolute Gasteiger partial charge is 0.207 e. The van der Waals surface area contributed by atoms with Crippen LogP contribution in [0.4, 0.5) is 13.2 Å². The normalized spacial score (nSPS) is 12.5. The first kappa shape index (κ1) is 14.4. The van der Waals surface area contributed by atoms with Gasteiger partial charge in [0.2, 0.25) is 0 Å². The van der Waals surface area contributed by atoms with E-state index in [9.17, 15) is 13.2 Å². The minimum absolute atomic E-state index is 0.0216. The molecular weight excluding hydrogens is 341 g/mol. The van der Waals surface area contributed by atoms with Crippen molar-refractivity contribution in [2.45, 2.75) is 12.3 Å². The molecule has 0 fully saturated rings. The number of hydrogen-bond acceptors (Lipinski definition) is 0. The van der Waals surface area contributed by atoms with E-state index in [1.54, 1.807) is 6.92 Å². The Kier molecular flexibility index (Phi) is 4.21. The lowest BCUT2D eigenvalue weighted by molar-refractivity contribution is 0.582. The number of halogens is 5. The van der Waals surface area contributed by atoms with Gasteiger partial charge >= 0.3 is 0 Å². The molecule has 0 aliphatic rings. The van der Waals surface area contributed by atoms with Crippen LogP contribution in [0.25, 0.3) is 0 Å². The fourth-order valence-corrected chi connectivity index (χ4v) is 2.36. The van der Waals surface area contributed by atoms with Crippen LogP contribution < -0.4 is 0 Å². The van der Waals surface area contributed by atoms with E-state index < -0.39 is 17.0 Å². The molecule has 19 heavy (non-hydrogen) atoms. The van der Waals surface area contributed by atoms with Crippen molar-refractivity contribution in [2.75, 3.05) is 0 Å². The molecule has 0 heterocycles. The second-order valence-electron chi connectivity index (χ2n) is 4.16. The van der Waals surface area contributed by atoms with Gasteiger partial charge in [0.05, 0.1) is 9.85 Å². The van der Waals surface area contributed by atoms with Crippen molar-refractivity contribution < 1.29 is 13.2 Å². The van der Waals surface area contributed by atoms with E-state index in [1.807, 2.05) is 0 Å². The Morgan fingerprint density at radius 2 is 1.68 bits per heavy atom. The third-order valence-corrected chi connectivity index (χ3v) is 3.88. The van der Waals surface area contributed by atoms with Crippen molar-refractivity contribution in [3.63, 3.8) is 0 Å². The van der Waals surface area contributed by atoms with Crippen LogP contribution in [0.2, 0.25) is 0 Å². The van der Waals surface area contributed by atoms with Crippen molar-refractivity contribution in [1.29, 1.82) is 0 Å². The van der Waals surface area contributed by atoms with Gasteiger partial charge in [-0.05, 0) is 52.2 Å². The van der Waals surface area contributed by atoms with Gasteiger partial charge in [0.15, 0.2) is 0 Å². The predicted octanol–water partition coefficient (Wildman–Crippen LogP) is 5.50. The molecule has 0 aliphatic heterocycles. The summed E-state index contributed by atoms with van der Waals surface area (Å²) in [5, 5.41) is -0.873. The van der Waals surface area contributed by atoms with Crippen LogP contribution in [0.1, 0.15) is 22.1 Å². The summed E-state index contributed by atoms with van der Waals surface area (Å²) in [5.74, 6) is -1.58. The number of rotatable bonds is 2. The average Bonchev–Trinajstić information content (AvgIpc) is 2.36. The van der Waals surface area contributed by atoms with Crippen molar-refractivity contribution >= 4 is 27.5 Å². The summed E-state index contributed by atoms with van der Waals surface area (Å²) < 4.78 is 40.5. The Hall–Kier alpha value is -1.00. The Morgan fingerprint density at radius 1 is 1.00 bits per heavy atom. The predicted molar refractivity (Wildman–Crippen MR) is 72.9 cm³/mol. The smallest absolute Gasteiger partial charge is 0.137 e. The highest BCUT2D eigenvalue weighted by Crippen LogP contribution is 2.33. The monoisotopic (exact) mass is 348 g/mol. The Morgan fingerprint density at radius 3 is 2.32 bits per heavy atom. The fourth-order valence-electron chi connectivity index (χ4n) is 1.74. The van der Waals surface area contributed by atoms with E-state index in [0.29, 0.717) is 11.1 Å². The van der Waals surface area contributed by atoms with E-state index in [0.717, 1.165) is 12.1 Å². The summed E-state index contributed by atoms with van der Waals surface area (Å²) >= 11 is 9.04. The maximum absolute atomic E-state index is 13.8. The topological polar surface area (TPSA) is 0 Å². The van der Waals surface area contributed by atoms with Crippen LogP contribution in [0, 0.1) is 24.4 Å². The molecule has 2 aromatic carbocycles. The van der Waals surface area contributed by atoms with Crippen molar-refractivity contribution in [2.24, 2.45) is 0 Å². The van der Waals surface area contributed by atoms with Gasteiger partial charge in [0, 0.05) is 5.56 Å². The Labute approximate surface area is 122 Å². The lowest BCUT2D eigenvalue weighted by Gasteiger charge is -2.13. The van der Waals surface area contributed by atoms with E-state index in [2.05, 4.69) is 15.9 Å². The average molecular weight is 350 g/mol. The number of aryl methyl sites for hydroxylation is 1. The minimum Gasteiger partial charge on any atom is -0.207 e. The molecule has 0 saturated heterocycles. The Bertz CT molecular complexity index is 628. The summed E-state index contributed by atoms with van der Waals surface area (Å²) in [6, 6.07) is 6.30. The van der Waals surface area contributed by atoms with Crippen LogP contribution in [0.3, 0.4) is 0 Å². The highest BCUT2D eigenvalue weighted by Gasteiger charge is 2.18. The molecule has 0 nitrogen and oxygen atoms in total. The zero-order valence-electron chi connectivity index (χ0n) is 9.85. The Balaban J connectivity index is 2.46. The lowest BCUT2D eigenvalue weighted by atomic mass is 10.0. The van der Waals surface area contributed by atoms with Crippen molar-refractivity contribution in [1.82, 2.24) is 0 Å². The quantitative estimate of drug-likeness (QED) is 0.496. The second kappa shape index (κ2) is 5.55. The third kappa shape index (κ3) is 2.95. The van der Waals surface area contributed by atoms with E-state index in [1.165, 1.54) is 18.2 Å². The minimum atomic E-state index is -0.873.